The molecule has 2 N–H and O–H groups in total. The SMILES string of the molecule is CC(=O)c1ccc(NC(=O)CN(Cc2ccccc2)C2CS(=O)(=O)CC2NCc2ccccc2)cc1. The molecule has 0 radical (unpaired) electrons. The van der Waals surface area contributed by atoms with E-state index in [1.807, 2.05) is 65.6 Å². The van der Waals surface area contributed by atoms with E-state index in [0.29, 0.717) is 24.3 Å². The second-order valence-corrected chi connectivity index (χ2v) is 11.3. The monoisotopic (exact) mass is 505 g/mol. The summed E-state index contributed by atoms with van der Waals surface area (Å²) in [5.74, 6) is -0.261. The van der Waals surface area contributed by atoms with Gasteiger partial charge in [0.1, 0.15) is 0 Å². The number of hydrogen-bond donors (Lipinski definition) is 2. The van der Waals surface area contributed by atoms with Crippen molar-refractivity contribution in [2.24, 2.45) is 0 Å². The number of amides is 1. The zero-order chi connectivity index (χ0) is 25.5. The molecule has 36 heavy (non-hydrogen) atoms. The average molecular weight is 506 g/mol. The average Bonchev–Trinajstić information content (AvgIpc) is 3.18. The minimum absolute atomic E-state index is 0.00707. The van der Waals surface area contributed by atoms with Crippen molar-refractivity contribution in [3.05, 3.63) is 102 Å². The van der Waals surface area contributed by atoms with E-state index in [4.69, 9.17) is 0 Å². The van der Waals surface area contributed by atoms with Crippen LogP contribution in [-0.4, -0.2) is 55.1 Å². The molecule has 1 aliphatic heterocycles. The normalized spacial score (nSPS) is 18.7. The number of hydrogen-bond acceptors (Lipinski definition) is 6. The van der Waals surface area contributed by atoms with E-state index < -0.39 is 9.84 Å². The van der Waals surface area contributed by atoms with Gasteiger partial charge >= 0.3 is 0 Å². The van der Waals surface area contributed by atoms with Crippen molar-refractivity contribution in [3.63, 3.8) is 0 Å². The van der Waals surface area contributed by atoms with Crippen LogP contribution >= 0.6 is 0 Å². The first kappa shape index (κ1) is 25.8. The summed E-state index contributed by atoms with van der Waals surface area (Å²) in [6.45, 7) is 2.52. The van der Waals surface area contributed by atoms with Crippen LogP contribution in [0.2, 0.25) is 0 Å². The Kier molecular flexibility index (Phi) is 8.30. The van der Waals surface area contributed by atoms with Gasteiger partial charge in [-0.25, -0.2) is 8.42 Å². The van der Waals surface area contributed by atoms with Gasteiger partial charge in [0.25, 0.3) is 0 Å². The van der Waals surface area contributed by atoms with Crippen molar-refractivity contribution < 1.29 is 18.0 Å². The maximum absolute atomic E-state index is 13.0. The first-order valence-corrected chi connectivity index (χ1v) is 13.8. The van der Waals surface area contributed by atoms with Crippen LogP contribution in [0.1, 0.15) is 28.4 Å². The van der Waals surface area contributed by atoms with Crippen molar-refractivity contribution in [3.8, 4) is 0 Å². The fourth-order valence-corrected chi connectivity index (χ4v) is 6.50. The summed E-state index contributed by atoms with van der Waals surface area (Å²) in [6, 6.07) is 25.7. The maximum atomic E-state index is 13.0. The highest BCUT2D eigenvalue weighted by Crippen LogP contribution is 2.22. The number of Topliss-reactive ketones (excluding diaryl/α,β-unsaturated/α-hetero) is 1. The molecule has 0 bridgehead atoms. The van der Waals surface area contributed by atoms with E-state index in [2.05, 4.69) is 10.6 Å². The van der Waals surface area contributed by atoms with Gasteiger partial charge < -0.3 is 10.6 Å². The van der Waals surface area contributed by atoms with Crippen molar-refractivity contribution >= 4 is 27.2 Å². The predicted molar refractivity (Wildman–Crippen MR) is 141 cm³/mol. The van der Waals surface area contributed by atoms with Gasteiger partial charge in [-0.05, 0) is 42.3 Å². The Morgan fingerprint density at radius 2 is 1.47 bits per heavy atom. The molecular formula is C28H31N3O4S. The number of rotatable bonds is 10. The third kappa shape index (κ3) is 7.10. The van der Waals surface area contributed by atoms with E-state index >= 15 is 0 Å². The zero-order valence-electron chi connectivity index (χ0n) is 20.3. The molecule has 8 heteroatoms. The molecule has 0 aliphatic carbocycles. The lowest BCUT2D eigenvalue weighted by molar-refractivity contribution is -0.118. The first-order valence-electron chi connectivity index (χ1n) is 12.0. The van der Waals surface area contributed by atoms with Crippen molar-refractivity contribution in [1.82, 2.24) is 10.2 Å². The van der Waals surface area contributed by atoms with Gasteiger partial charge in [0.15, 0.2) is 15.6 Å². The van der Waals surface area contributed by atoms with E-state index in [0.717, 1.165) is 11.1 Å². The van der Waals surface area contributed by atoms with Crippen LogP contribution in [-0.2, 0) is 27.7 Å². The van der Waals surface area contributed by atoms with Crippen molar-refractivity contribution in [1.29, 1.82) is 0 Å². The second kappa shape index (κ2) is 11.6. The van der Waals surface area contributed by atoms with Gasteiger partial charge in [-0.1, -0.05) is 60.7 Å². The van der Waals surface area contributed by atoms with Crippen LogP contribution in [0, 0.1) is 0 Å². The standard InChI is InChI=1S/C28H31N3O4S/c1-21(32)24-12-14-25(15-13-24)30-28(33)18-31(17-23-10-6-3-7-11-23)27-20-36(34,35)19-26(27)29-16-22-8-4-2-5-9-22/h2-15,26-27,29H,16-20H2,1H3,(H,30,33). The number of anilines is 1. The number of carbonyl (C=O) groups is 2. The lowest BCUT2D eigenvalue weighted by Gasteiger charge is -2.32. The molecule has 188 valence electrons. The Balaban J connectivity index is 1.51. The van der Waals surface area contributed by atoms with Gasteiger partial charge in [-0.15, -0.1) is 0 Å². The molecule has 1 saturated heterocycles. The molecule has 2 atom stereocenters. The number of nitrogens with one attached hydrogen (secondary N) is 2. The molecule has 1 heterocycles. The Hall–Kier alpha value is -3.33. The molecule has 3 aromatic rings. The summed E-state index contributed by atoms with van der Waals surface area (Å²) in [5.41, 5.74) is 3.23. The summed E-state index contributed by atoms with van der Waals surface area (Å²) in [6.07, 6.45) is 0. The Morgan fingerprint density at radius 1 is 0.861 bits per heavy atom. The van der Waals surface area contributed by atoms with Gasteiger partial charge in [0.2, 0.25) is 5.91 Å². The third-order valence-corrected chi connectivity index (χ3v) is 8.07. The first-order chi connectivity index (χ1) is 17.3. The van der Waals surface area contributed by atoms with Crippen LogP contribution < -0.4 is 10.6 Å². The third-order valence-electron chi connectivity index (χ3n) is 6.35. The number of sulfone groups is 1. The number of nitrogens with zero attached hydrogens (tertiary/aromatic N) is 1. The zero-order valence-corrected chi connectivity index (χ0v) is 21.1. The molecule has 3 aromatic carbocycles. The minimum atomic E-state index is -3.26. The molecule has 4 rings (SSSR count). The molecule has 1 aliphatic rings. The fourth-order valence-electron chi connectivity index (χ4n) is 4.51. The molecule has 0 saturated carbocycles. The van der Waals surface area contributed by atoms with Crippen LogP contribution in [0.15, 0.2) is 84.9 Å². The summed E-state index contributed by atoms with van der Waals surface area (Å²) in [4.78, 5) is 26.5. The van der Waals surface area contributed by atoms with Crippen molar-refractivity contribution in [2.45, 2.75) is 32.1 Å². The van der Waals surface area contributed by atoms with Crippen LogP contribution in [0.4, 0.5) is 5.69 Å². The lowest BCUT2D eigenvalue weighted by atomic mass is 10.1. The van der Waals surface area contributed by atoms with Crippen LogP contribution in [0.25, 0.3) is 0 Å². The maximum Gasteiger partial charge on any atom is 0.238 e. The molecule has 7 nitrogen and oxygen atoms in total. The summed E-state index contributed by atoms with van der Waals surface area (Å²) in [7, 11) is -3.26. The van der Waals surface area contributed by atoms with E-state index in [9.17, 15) is 18.0 Å². The highest BCUT2D eigenvalue weighted by atomic mass is 32.2. The second-order valence-electron chi connectivity index (χ2n) is 9.19. The highest BCUT2D eigenvalue weighted by Gasteiger charge is 2.41. The van der Waals surface area contributed by atoms with Crippen molar-refractivity contribution in [2.75, 3.05) is 23.4 Å². The minimum Gasteiger partial charge on any atom is -0.325 e. The molecule has 0 aromatic heterocycles. The van der Waals surface area contributed by atoms with Crippen LogP contribution in [0.3, 0.4) is 0 Å². The smallest absolute Gasteiger partial charge is 0.238 e. The molecule has 2 unspecified atom stereocenters. The van der Waals surface area contributed by atoms with Gasteiger partial charge in [-0.2, -0.15) is 0 Å². The van der Waals surface area contributed by atoms with Gasteiger partial charge in [0, 0.05) is 36.4 Å². The Bertz CT molecular complexity index is 1280. The number of carbonyl (C=O) groups excluding carboxylic acids is 2. The highest BCUT2D eigenvalue weighted by molar-refractivity contribution is 7.91. The Morgan fingerprint density at radius 3 is 2.08 bits per heavy atom. The lowest BCUT2D eigenvalue weighted by Crippen LogP contribution is -2.51. The topological polar surface area (TPSA) is 95.6 Å². The molecular weight excluding hydrogens is 474 g/mol. The summed E-state index contributed by atoms with van der Waals surface area (Å²) < 4.78 is 25.4. The molecule has 1 fully saturated rings. The van der Waals surface area contributed by atoms with Gasteiger partial charge in [-0.3, -0.25) is 14.5 Å². The van der Waals surface area contributed by atoms with E-state index in [-0.39, 0.29) is 41.8 Å². The largest absolute Gasteiger partial charge is 0.325 e. The predicted octanol–water partition coefficient (Wildman–Crippen LogP) is 3.29. The van der Waals surface area contributed by atoms with E-state index in [1.54, 1.807) is 24.3 Å². The Labute approximate surface area is 212 Å². The van der Waals surface area contributed by atoms with Gasteiger partial charge in [0.05, 0.1) is 18.1 Å². The summed E-state index contributed by atoms with van der Waals surface area (Å²) >= 11 is 0. The fraction of sp³-hybridized carbons (Fsp3) is 0.286. The van der Waals surface area contributed by atoms with Crippen LogP contribution in [0.5, 0.6) is 0 Å². The summed E-state index contributed by atoms with van der Waals surface area (Å²) in [5, 5.41) is 6.30. The quantitative estimate of drug-likeness (QED) is 0.411. The number of ketones is 1. The van der Waals surface area contributed by atoms with E-state index in [1.165, 1.54) is 6.92 Å². The molecule has 1 amide bonds. The molecule has 0 spiro atoms. The number of benzene rings is 3.